The highest BCUT2D eigenvalue weighted by atomic mass is 31.2. The number of rotatable bonds is 9. The maximum absolute atomic E-state index is 5.68. The highest BCUT2D eigenvalue weighted by molar-refractivity contribution is 7.95. The molecule has 0 saturated heterocycles. The summed E-state index contributed by atoms with van der Waals surface area (Å²) in [5.41, 5.74) is 5.68. The van der Waals surface area contributed by atoms with Crippen LogP contribution in [0.25, 0.3) is 0 Å². The summed E-state index contributed by atoms with van der Waals surface area (Å²) in [7, 11) is -1.63. The van der Waals surface area contributed by atoms with Gasteiger partial charge in [0.15, 0.2) is 0 Å². The average Bonchev–Trinajstić information content (AvgIpc) is 2.73. The van der Waals surface area contributed by atoms with E-state index < -0.39 is 7.26 Å². The van der Waals surface area contributed by atoms with Gasteiger partial charge < -0.3 is 5.73 Å². The van der Waals surface area contributed by atoms with Crippen molar-refractivity contribution in [2.75, 3.05) is 12.7 Å². The molecule has 1 nitrogen and oxygen atoms in total. The van der Waals surface area contributed by atoms with Crippen molar-refractivity contribution in [3.63, 3.8) is 0 Å². The Hall–Kier alpha value is -1.95. The molecular weight excluding hydrogens is 333 g/mol. The molecule has 134 valence electrons. The second kappa shape index (κ2) is 9.67. The van der Waals surface area contributed by atoms with E-state index in [9.17, 15) is 0 Å². The molecule has 0 aromatic heterocycles. The summed E-state index contributed by atoms with van der Waals surface area (Å²) in [5.74, 6) is 0. The molecule has 0 heterocycles. The molecular formula is C24H29NP+. The van der Waals surface area contributed by atoms with Crippen molar-refractivity contribution in [1.82, 2.24) is 0 Å². The zero-order chi connectivity index (χ0) is 18.1. The van der Waals surface area contributed by atoms with E-state index in [1.807, 2.05) is 0 Å². The lowest BCUT2D eigenvalue weighted by atomic mass is 10.2. The van der Waals surface area contributed by atoms with Crippen LogP contribution < -0.4 is 21.6 Å². The molecule has 26 heavy (non-hydrogen) atoms. The lowest BCUT2D eigenvalue weighted by Crippen LogP contribution is -2.33. The molecule has 0 unspecified atom stereocenters. The summed E-state index contributed by atoms with van der Waals surface area (Å²) < 4.78 is 0. The topological polar surface area (TPSA) is 26.0 Å². The molecule has 0 bridgehead atoms. The molecule has 0 amide bonds. The third-order valence-corrected chi connectivity index (χ3v) is 9.56. The zero-order valence-corrected chi connectivity index (χ0v) is 16.3. The molecule has 3 aromatic rings. The maximum atomic E-state index is 5.68. The van der Waals surface area contributed by atoms with Gasteiger partial charge in [-0.05, 0) is 62.2 Å². The predicted molar refractivity (Wildman–Crippen MR) is 118 cm³/mol. The second-order valence-corrected chi connectivity index (χ2v) is 10.4. The second-order valence-electron chi connectivity index (χ2n) is 6.74. The lowest BCUT2D eigenvalue weighted by molar-refractivity contribution is 0.677. The number of nitrogens with two attached hydrogens (primary N) is 1. The van der Waals surface area contributed by atoms with Crippen LogP contribution in [-0.4, -0.2) is 12.7 Å². The van der Waals surface area contributed by atoms with Crippen LogP contribution in [0.4, 0.5) is 0 Å². The largest absolute Gasteiger partial charge is 0.330 e. The van der Waals surface area contributed by atoms with Crippen LogP contribution in [0.2, 0.25) is 0 Å². The molecule has 0 radical (unpaired) electrons. The fraction of sp³-hybridized carbons (Fsp3) is 0.250. The number of hydrogen-bond acceptors (Lipinski definition) is 1. The van der Waals surface area contributed by atoms with Crippen molar-refractivity contribution < 1.29 is 0 Å². The Morgan fingerprint density at radius 2 is 0.885 bits per heavy atom. The first-order chi connectivity index (χ1) is 12.9. The highest BCUT2D eigenvalue weighted by Gasteiger charge is 2.44. The van der Waals surface area contributed by atoms with Crippen molar-refractivity contribution in [1.29, 1.82) is 0 Å². The molecule has 2 heteroatoms. The van der Waals surface area contributed by atoms with Gasteiger partial charge in [0.25, 0.3) is 0 Å². The van der Waals surface area contributed by atoms with E-state index in [4.69, 9.17) is 5.73 Å². The van der Waals surface area contributed by atoms with E-state index >= 15 is 0 Å². The quantitative estimate of drug-likeness (QED) is 0.440. The molecule has 2 N–H and O–H groups in total. The first-order valence-electron chi connectivity index (χ1n) is 9.63. The summed E-state index contributed by atoms with van der Waals surface area (Å²) in [6, 6.07) is 33.4. The van der Waals surface area contributed by atoms with Crippen LogP contribution in [0.15, 0.2) is 91.0 Å². The molecule has 0 aliphatic rings. The third-order valence-electron chi connectivity index (χ3n) is 5.04. The van der Waals surface area contributed by atoms with Crippen LogP contribution in [0.1, 0.15) is 25.7 Å². The van der Waals surface area contributed by atoms with Crippen molar-refractivity contribution in [2.24, 2.45) is 5.73 Å². The van der Waals surface area contributed by atoms with Gasteiger partial charge in [-0.25, -0.2) is 0 Å². The Morgan fingerprint density at radius 3 is 1.27 bits per heavy atom. The van der Waals surface area contributed by atoms with Crippen molar-refractivity contribution in [3.05, 3.63) is 91.0 Å². The van der Waals surface area contributed by atoms with E-state index in [0.717, 1.165) is 13.0 Å². The smallest absolute Gasteiger partial charge is 0.112 e. The van der Waals surface area contributed by atoms with Crippen molar-refractivity contribution in [2.45, 2.75) is 25.7 Å². The van der Waals surface area contributed by atoms with Gasteiger partial charge in [-0.2, -0.15) is 0 Å². The van der Waals surface area contributed by atoms with Crippen LogP contribution in [-0.2, 0) is 0 Å². The minimum absolute atomic E-state index is 0.802. The summed E-state index contributed by atoms with van der Waals surface area (Å²) in [6.07, 6.45) is 6.08. The summed E-state index contributed by atoms with van der Waals surface area (Å²) >= 11 is 0. The van der Waals surface area contributed by atoms with E-state index in [0.29, 0.717) is 0 Å². The molecule has 0 fully saturated rings. The van der Waals surface area contributed by atoms with Crippen LogP contribution in [0.3, 0.4) is 0 Å². The SMILES string of the molecule is NCCCCCC[P+](c1ccccc1)(c1ccccc1)c1ccccc1. The monoisotopic (exact) mass is 362 g/mol. The number of unbranched alkanes of at least 4 members (excludes halogenated alkanes) is 3. The van der Waals surface area contributed by atoms with E-state index in [1.54, 1.807) is 0 Å². The van der Waals surface area contributed by atoms with Gasteiger partial charge in [0.1, 0.15) is 23.2 Å². The molecule has 0 spiro atoms. The van der Waals surface area contributed by atoms with Crippen molar-refractivity contribution in [3.8, 4) is 0 Å². The van der Waals surface area contributed by atoms with E-state index in [1.165, 1.54) is 41.3 Å². The predicted octanol–water partition coefficient (Wildman–Crippen LogP) is 4.50. The minimum atomic E-state index is -1.63. The fourth-order valence-corrected chi connectivity index (χ4v) is 8.14. The molecule has 0 saturated carbocycles. The third kappa shape index (κ3) is 4.23. The summed E-state index contributed by atoms with van der Waals surface area (Å²) in [4.78, 5) is 0. The van der Waals surface area contributed by atoms with Crippen LogP contribution >= 0.6 is 7.26 Å². The number of hydrogen-bond donors (Lipinski definition) is 1. The minimum Gasteiger partial charge on any atom is -0.330 e. The van der Waals surface area contributed by atoms with Gasteiger partial charge in [-0.3, -0.25) is 0 Å². The Kier molecular flexibility index (Phi) is 7.00. The van der Waals surface area contributed by atoms with Crippen LogP contribution in [0.5, 0.6) is 0 Å². The molecule has 0 atom stereocenters. The van der Waals surface area contributed by atoms with Crippen molar-refractivity contribution >= 4 is 23.2 Å². The van der Waals surface area contributed by atoms with Gasteiger partial charge in [0.05, 0.1) is 6.16 Å². The summed E-state index contributed by atoms with van der Waals surface area (Å²) in [6.45, 7) is 0.802. The molecule has 0 aliphatic heterocycles. The molecule has 3 aromatic carbocycles. The van der Waals surface area contributed by atoms with E-state index in [-0.39, 0.29) is 0 Å². The zero-order valence-electron chi connectivity index (χ0n) is 15.4. The van der Waals surface area contributed by atoms with Gasteiger partial charge in [-0.15, -0.1) is 0 Å². The lowest BCUT2D eigenvalue weighted by Gasteiger charge is -2.27. The summed E-state index contributed by atoms with van der Waals surface area (Å²) in [5, 5.41) is 4.45. The normalized spacial score (nSPS) is 11.4. The van der Waals surface area contributed by atoms with Gasteiger partial charge in [0, 0.05) is 0 Å². The first kappa shape index (κ1) is 18.8. The molecule has 3 rings (SSSR count). The standard InChI is InChI=1S/C24H29NP/c25-20-12-1-2-13-21-26(22-14-6-3-7-15-22,23-16-8-4-9-17-23)24-18-10-5-11-19-24/h3-11,14-19H,1-2,12-13,20-21,25H2/q+1. The van der Waals surface area contributed by atoms with Crippen LogP contribution in [0, 0.1) is 0 Å². The average molecular weight is 362 g/mol. The van der Waals surface area contributed by atoms with Gasteiger partial charge in [0.2, 0.25) is 0 Å². The Balaban J connectivity index is 2.06. The fourth-order valence-electron chi connectivity index (χ4n) is 3.73. The maximum Gasteiger partial charge on any atom is 0.112 e. The highest BCUT2D eigenvalue weighted by Crippen LogP contribution is 2.55. The Labute approximate surface area is 158 Å². The molecule has 0 aliphatic carbocycles. The van der Waals surface area contributed by atoms with E-state index in [2.05, 4.69) is 91.0 Å². The first-order valence-corrected chi connectivity index (χ1v) is 11.6. The number of benzene rings is 3. The Bertz CT molecular complexity index is 659. The van der Waals surface area contributed by atoms with Gasteiger partial charge in [-0.1, -0.05) is 61.0 Å². The van der Waals surface area contributed by atoms with Gasteiger partial charge >= 0.3 is 0 Å². The Morgan fingerprint density at radius 1 is 0.500 bits per heavy atom.